The minimum atomic E-state index is -0.452. The van der Waals surface area contributed by atoms with E-state index in [1.165, 1.54) is 12.1 Å². The lowest BCUT2D eigenvalue weighted by Crippen LogP contribution is -1.95. The second-order valence-corrected chi connectivity index (χ2v) is 6.41. The summed E-state index contributed by atoms with van der Waals surface area (Å²) in [6.07, 6.45) is 3.31. The lowest BCUT2D eigenvalue weighted by Gasteiger charge is -2.00. The number of nitro benzene ring substituents is 1. The van der Waals surface area contributed by atoms with E-state index in [2.05, 4.69) is 20.6 Å². The van der Waals surface area contributed by atoms with Crippen LogP contribution in [0.5, 0.6) is 0 Å². The number of anilines is 1. The van der Waals surface area contributed by atoms with Crippen molar-refractivity contribution in [3.8, 4) is 23.0 Å². The third-order valence-corrected chi connectivity index (χ3v) is 4.32. The average molecular weight is 413 g/mol. The summed E-state index contributed by atoms with van der Waals surface area (Å²) >= 11 is 0. The van der Waals surface area contributed by atoms with Crippen molar-refractivity contribution in [2.45, 2.75) is 6.92 Å². The van der Waals surface area contributed by atoms with Crippen LogP contribution in [0.2, 0.25) is 0 Å². The number of nitriles is 1. The quantitative estimate of drug-likeness (QED) is 0.286. The maximum Gasteiger partial charge on any atom is 0.269 e. The van der Waals surface area contributed by atoms with Gasteiger partial charge in [0.2, 0.25) is 5.69 Å². The molecule has 0 atom stereocenters. The Bertz CT molecular complexity index is 1300. The Morgan fingerprint density at radius 2 is 1.97 bits per heavy atom. The normalized spacial score (nSPS) is 10.8. The Hall–Kier alpha value is -4.78. The van der Waals surface area contributed by atoms with Gasteiger partial charge in [0.15, 0.2) is 5.89 Å². The molecule has 0 bridgehead atoms. The third-order valence-electron chi connectivity index (χ3n) is 4.32. The van der Waals surface area contributed by atoms with Crippen molar-refractivity contribution in [3.63, 3.8) is 0 Å². The number of non-ortho nitro benzene ring substituents is 1. The fourth-order valence-corrected chi connectivity index (χ4v) is 2.90. The topological polar surface area (TPSA) is 135 Å². The predicted octanol–water partition coefficient (Wildman–Crippen LogP) is 4.06. The highest BCUT2D eigenvalue weighted by atomic mass is 16.6. The van der Waals surface area contributed by atoms with Gasteiger partial charge in [-0.15, -0.1) is 0 Å². The van der Waals surface area contributed by atoms with Gasteiger partial charge in [-0.1, -0.05) is 30.3 Å². The standard InChI is InChI=1S/C21H15N7O3/c1-14-24-19(11-22)21(31-14)25-23-12-16-13-27(17-7-9-18(10-8-17)28(29)30)26-20(16)15-5-3-2-4-6-15/h2-10,12-13,25H,1H3. The van der Waals surface area contributed by atoms with Crippen LogP contribution in [0.1, 0.15) is 17.1 Å². The Kier molecular flexibility index (Phi) is 5.23. The number of oxazole rings is 1. The van der Waals surface area contributed by atoms with E-state index >= 15 is 0 Å². The zero-order chi connectivity index (χ0) is 21.8. The molecule has 0 fully saturated rings. The van der Waals surface area contributed by atoms with Crippen LogP contribution >= 0.6 is 0 Å². The first kappa shape index (κ1) is 19.5. The van der Waals surface area contributed by atoms with Crippen molar-refractivity contribution in [1.29, 1.82) is 5.26 Å². The van der Waals surface area contributed by atoms with Crippen LogP contribution in [-0.4, -0.2) is 25.9 Å². The molecular weight excluding hydrogens is 398 g/mol. The molecule has 2 heterocycles. The number of hydrogen-bond donors (Lipinski definition) is 1. The summed E-state index contributed by atoms with van der Waals surface area (Å²) in [5, 5.41) is 28.8. The molecule has 10 heteroatoms. The van der Waals surface area contributed by atoms with Crippen molar-refractivity contribution in [2.75, 3.05) is 5.43 Å². The smallest absolute Gasteiger partial charge is 0.269 e. The Labute approximate surface area is 176 Å². The summed E-state index contributed by atoms with van der Waals surface area (Å²) in [5.41, 5.74) is 5.68. The van der Waals surface area contributed by atoms with Crippen molar-refractivity contribution in [3.05, 3.63) is 88.1 Å². The first-order valence-electron chi connectivity index (χ1n) is 9.11. The van der Waals surface area contributed by atoms with Gasteiger partial charge in [-0.3, -0.25) is 10.1 Å². The van der Waals surface area contributed by atoms with E-state index in [0.717, 1.165) is 5.56 Å². The molecule has 4 rings (SSSR count). The van der Waals surface area contributed by atoms with Crippen LogP contribution in [0.4, 0.5) is 11.6 Å². The molecule has 4 aromatic rings. The number of rotatable bonds is 6. The van der Waals surface area contributed by atoms with E-state index in [4.69, 9.17) is 9.68 Å². The number of aryl methyl sites for hydroxylation is 1. The zero-order valence-electron chi connectivity index (χ0n) is 16.3. The second kappa shape index (κ2) is 8.30. The van der Waals surface area contributed by atoms with E-state index < -0.39 is 4.92 Å². The highest BCUT2D eigenvalue weighted by molar-refractivity contribution is 5.89. The van der Waals surface area contributed by atoms with Crippen molar-refractivity contribution >= 4 is 17.8 Å². The highest BCUT2D eigenvalue weighted by Crippen LogP contribution is 2.24. The van der Waals surface area contributed by atoms with E-state index in [0.29, 0.717) is 22.8 Å². The molecule has 152 valence electrons. The Morgan fingerprint density at radius 1 is 1.23 bits per heavy atom. The number of hydrazone groups is 1. The number of nitrogens with one attached hydrogen (secondary N) is 1. The van der Waals surface area contributed by atoms with Gasteiger partial charge in [-0.05, 0) is 12.1 Å². The maximum atomic E-state index is 10.9. The molecule has 31 heavy (non-hydrogen) atoms. The number of hydrogen-bond acceptors (Lipinski definition) is 8. The molecule has 0 saturated carbocycles. The summed E-state index contributed by atoms with van der Waals surface area (Å²) in [5.74, 6) is 0.505. The fraction of sp³-hybridized carbons (Fsp3) is 0.0476. The van der Waals surface area contributed by atoms with Gasteiger partial charge < -0.3 is 4.42 Å². The SMILES string of the molecule is Cc1nc(C#N)c(NN=Cc2cn(-c3ccc([N+](=O)[O-])cc3)nc2-c2ccccc2)o1. The molecule has 2 aromatic carbocycles. The summed E-state index contributed by atoms with van der Waals surface area (Å²) in [6, 6.07) is 17.6. The first-order chi connectivity index (χ1) is 15.0. The van der Waals surface area contributed by atoms with Crippen molar-refractivity contribution < 1.29 is 9.34 Å². The summed E-state index contributed by atoms with van der Waals surface area (Å²) in [6.45, 7) is 1.64. The minimum absolute atomic E-state index is 0.000762. The number of benzene rings is 2. The summed E-state index contributed by atoms with van der Waals surface area (Å²) in [7, 11) is 0. The molecule has 0 spiro atoms. The van der Waals surface area contributed by atoms with Gasteiger partial charge >= 0.3 is 0 Å². The predicted molar refractivity (Wildman–Crippen MR) is 113 cm³/mol. The second-order valence-electron chi connectivity index (χ2n) is 6.41. The van der Waals surface area contributed by atoms with Crippen LogP contribution in [0.25, 0.3) is 16.9 Å². The molecule has 10 nitrogen and oxygen atoms in total. The van der Waals surface area contributed by atoms with Crippen LogP contribution in [-0.2, 0) is 0 Å². The van der Waals surface area contributed by atoms with E-state index in [1.54, 1.807) is 36.1 Å². The average Bonchev–Trinajstić information content (AvgIpc) is 3.37. The number of nitrogens with zero attached hydrogens (tertiary/aromatic N) is 6. The molecule has 0 saturated heterocycles. The van der Waals surface area contributed by atoms with Gasteiger partial charge in [-0.2, -0.15) is 15.5 Å². The van der Waals surface area contributed by atoms with Crippen LogP contribution in [0, 0.1) is 28.4 Å². The van der Waals surface area contributed by atoms with Gasteiger partial charge in [0.25, 0.3) is 11.6 Å². The van der Waals surface area contributed by atoms with Gasteiger partial charge in [0, 0.05) is 36.4 Å². The first-order valence-corrected chi connectivity index (χ1v) is 9.11. The Morgan fingerprint density at radius 3 is 2.65 bits per heavy atom. The molecule has 0 unspecified atom stereocenters. The molecule has 0 amide bonds. The van der Waals surface area contributed by atoms with E-state index in [9.17, 15) is 10.1 Å². The number of aromatic nitrogens is 3. The molecule has 2 aromatic heterocycles. The van der Waals surface area contributed by atoms with Gasteiger partial charge in [-0.25, -0.2) is 15.1 Å². The van der Waals surface area contributed by atoms with Gasteiger partial charge in [0.05, 0.1) is 16.8 Å². The lowest BCUT2D eigenvalue weighted by molar-refractivity contribution is -0.384. The highest BCUT2D eigenvalue weighted by Gasteiger charge is 2.13. The van der Waals surface area contributed by atoms with Crippen LogP contribution < -0.4 is 5.43 Å². The van der Waals surface area contributed by atoms with Crippen molar-refractivity contribution in [1.82, 2.24) is 14.8 Å². The minimum Gasteiger partial charge on any atom is -0.422 e. The maximum absolute atomic E-state index is 10.9. The van der Waals surface area contributed by atoms with Crippen LogP contribution in [0.15, 0.2) is 70.3 Å². The molecule has 1 N–H and O–H groups in total. The molecular formula is C21H15N7O3. The van der Waals surface area contributed by atoms with Crippen molar-refractivity contribution in [2.24, 2.45) is 5.10 Å². The molecule has 0 aliphatic carbocycles. The lowest BCUT2D eigenvalue weighted by atomic mass is 10.1. The molecule has 0 aliphatic heterocycles. The summed E-state index contributed by atoms with van der Waals surface area (Å²) < 4.78 is 6.95. The van der Waals surface area contributed by atoms with Gasteiger partial charge in [0.1, 0.15) is 11.8 Å². The molecule has 0 radical (unpaired) electrons. The largest absolute Gasteiger partial charge is 0.422 e. The number of nitro groups is 1. The van der Waals surface area contributed by atoms with E-state index in [1.807, 2.05) is 36.4 Å². The van der Waals surface area contributed by atoms with E-state index in [-0.39, 0.29) is 17.3 Å². The monoisotopic (exact) mass is 413 g/mol. The Balaban J connectivity index is 1.68. The zero-order valence-corrected chi connectivity index (χ0v) is 16.3. The third kappa shape index (κ3) is 4.15. The molecule has 0 aliphatic rings. The van der Waals surface area contributed by atoms with Crippen LogP contribution in [0.3, 0.4) is 0 Å². The summed E-state index contributed by atoms with van der Waals surface area (Å²) in [4.78, 5) is 14.4. The fourth-order valence-electron chi connectivity index (χ4n) is 2.90.